The zero-order valence-corrected chi connectivity index (χ0v) is 10.9. The third-order valence-electron chi connectivity index (χ3n) is 2.57. The number of anilines is 1. The molecular weight excluding hydrogens is 267 g/mol. The molecule has 19 heavy (non-hydrogen) atoms. The molecule has 0 bridgehead atoms. The summed E-state index contributed by atoms with van der Waals surface area (Å²) in [5.41, 5.74) is 7.05. The minimum absolute atomic E-state index is 0. The molecule has 0 atom stereocenters. The van der Waals surface area contributed by atoms with Crippen molar-refractivity contribution < 1.29 is 9.18 Å². The average molecular weight is 281 g/mol. The first kappa shape index (κ1) is 15.1. The van der Waals surface area contributed by atoms with Crippen LogP contribution in [0.25, 0.3) is 0 Å². The Morgan fingerprint density at radius 3 is 2.32 bits per heavy atom. The van der Waals surface area contributed by atoms with E-state index in [1.165, 1.54) is 12.1 Å². The van der Waals surface area contributed by atoms with E-state index in [2.05, 4.69) is 5.32 Å². The average Bonchev–Trinajstić information content (AvgIpc) is 2.41. The Bertz CT molecular complexity index is 558. The summed E-state index contributed by atoms with van der Waals surface area (Å²) in [5.74, 6) is -0.798. The number of rotatable bonds is 3. The number of nitrogens with one attached hydrogen (secondary N) is 1. The molecule has 2 aromatic carbocycles. The van der Waals surface area contributed by atoms with E-state index in [0.29, 0.717) is 12.1 Å². The van der Waals surface area contributed by atoms with Crippen LogP contribution < -0.4 is 11.1 Å². The van der Waals surface area contributed by atoms with Crippen LogP contribution in [0.4, 0.5) is 10.1 Å². The van der Waals surface area contributed by atoms with E-state index in [1.807, 2.05) is 0 Å². The number of amides is 1. The minimum Gasteiger partial charge on any atom is -0.326 e. The summed E-state index contributed by atoms with van der Waals surface area (Å²) in [5, 5.41) is 2.52. The molecule has 3 N–H and O–H groups in total. The molecule has 1 amide bonds. The summed E-state index contributed by atoms with van der Waals surface area (Å²) in [7, 11) is 0. The standard InChI is InChI=1S/C14H13FN2O.ClH/c15-12-3-1-2-4-13(12)17-14(18)11-7-5-10(9-16)6-8-11;/h1-8H,9,16H2,(H,17,18);1H. The number of hydrogen-bond donors (Lipinski definition) is 2. The van der Waals surface area contributed by atoms with E-state index in [0.717, 1.165) is 5.56 Å². The lowest BCUT2D eigenvalue weighted by Gasteiger charge is -2.06. The van der Waals surface area contributed by atoms with Crippen LogP contribution in [0.2, 0.25) is 0 Å². The summed E-state index contributed by atoms with van der Waals surface area (Å²) in [6.45, 7) is 0.426. The first-order valence-corrected chi connectivity index (χ1v) is 5.55. The van der Waals surface area contributed by atoms with Crippen molar-refractivity contribution in [3.8, 4) is 0 Å². The van der Waals surface area contributed by atoms with Gasteiger partial charge < -0.3 is 11.1 Å². The molecule has 0 saturated heterocycles. The number of benzene rings is 2. The molecule has 5 heteroatoms. The van der Waals surface area contributed by atoms with Gasteiger partial charge >= 0.3 is 0 Å². The van der Waals surface area contributed by atoms with Crippen LogP contribution >= 0.6 is 12.4 Å². The summed E-state index contributed by atoms with van der Waals surface area (Å²) in [4.78, 5) is 11.9. The molecule has 0 aliphatic heterocycles. The van der Waals surface area contributed by atoms with Crippen LogP contribution in [-0.4, -0.2) is 5.91 Å². The largest absolute Gasteiger partial charge is 0.326 e. The van der Waals surface area contributed by atoms with Crippen LogP contribution in [0.5, 0.6) is 0 Å². The first-order chi connectivity index (χ1) is 8.70. The van der Waals surface area contributed by atoms with Crippen molar-refractivity contribution in [3.05, 3.63) is 65.5 Å². The number of para-hydroxylation sites is 1. The van der Waals surface area contributed by atoms with Gasteiger partial charge in [-0.05, 0) is 29.8 Å². The van der Waals surface area contributed by atoms with Gasteiger partial charge in [0.05, 0.1) is 5.69 Å². The Kier molecular flexibility index (Phi) is 5.48. The molecular formula is C14H14ClFN2O. The van der Waals surface area contributed by atoms with E-state index in [9.17, 15) is 9.18 Å². The zero-order chi connectivity index (χ0) is 13.0. The van der Waals surface area contributed by atoms with Crippen LogP contribution in [-0.2, 0) is 6.54 Å². The van der Waals surface area contributed by atoms with Gasteiger partial charge in [0.1, 0.15) is 5.82 Å². The second-order valence-electron chi connectivity index (χ2n) is 3.84. The molecule has 0 aliphatic rings. The van der Waals surface area contributed by atoms with Gasteiger partial charge in [0.2, 0.25) is 0 Å². The highest BCUT2D eigenvalue weighted by Crippen LogP contribution is 2.14. The van der Waals surface area contributed by atoms with Crippen LogP contribution in [0.3, 0.4) is 0 Å². The Hall–Kier alpha value is -1.91. The normalized spacial score (nSPS) is 9.58. The highest BCUT2D eigenvalue weighted by Gasteiger charge is 2.08. The van der Waals surface area contributed by atoms with E-state index in [1.54, 1.807) is 36.4 Å². The third kappa shape index (κ3) is 3.77. The number of carbonyl (C=O) groups excluding carboxylic acids is 1. The van der Waals surface area contributed by atoms with Crippen molar-refractivity contribution in [3.63, 3.8) is 0 Å². The maximum absolute atomic E-state index is 13.4. The molecule has 100 valence electrons. The lowest BCUT2D eigenvalue weighted by molar-refractivity contribution is 0.102. The van der Waals surface area contributed by atoms with Crippen molar-refractivity contribution in [2.75, 3.05) is 5.32 Å². The molecule has 0 aromatic heterocycles. The van der Waals surface area contributed by atoms with Gasteiger partial charge in [0.15, 0.2) is 0 Å². The van der Waals surface area contributed by atoms with Crippen LogP contribution in [0.1, 0.15) is 15.9 Å². The van der Waals surface area contributed by atoms with E-state index >= 15 is 0 Å². The van der Waals surface area contributed by atoms with Crippen molar-refractivity contribution in [1.29, 1.82) is 0 Å². The summed E-state index contributed by atoms with van der Waals surface area (Å²) in [6.07, 6.45) is 0. The second-order valence-corrected chi connectivity index (χ2v) is 3.84. The predicted molar refractivity (Wildman–Crippen MR) is 75.9 cm³/mol. The Balaban J connectivity index is 0.00000180. The van der Waals surface area contributed by atoms with Crippen molar-refractivity contribution in [1.82, 2.24) is 0 Å². The monoisotopic (exact) mass is 280 g/mol. The SMILES string of the molecule is Cl.NCc1ccc(C(=O)Nc2ccccc2F)cc1. The second kappa shape index (κ2) is 6.87. The summed E-state index contributed by atoms with van der Waals surface area (Å²) >= 11 is 0. The highest BCUT2D eigenvalue weighted by atomic mass is 35.5. The molecule has 2 rings (SSSR count). The molecule has 0 radical (unpaired) electrons. The Labute approximate surface area is 117 Å². The number of halogens is 2. The van der Waals surface area contributed by atoms with Gasteiger partial charge in [-0.25, -0.2) is 4.39 Å². The lowest BCUT2D eigenvalue weighted by Crippen LogP contribution is -2.13. The number of nitrogens with two attached hydrogens (primary N) is 1. The number of hydrogen-bond acceptors (Lipinski definition) is 2. The third-order valence-corrected chi connectivity index (χ3v) is 2.57. The molecule has 2 aromatic rings. The fourth-order valence-electron chi connectivity index (χ4n) is 1.55. The van der Waals surface area contributed by atoms with Crippen LogP contribution in [0, 0.1) is 5.82 Å². The topological polar surface area (TPSA) is 55.1 Å². The minimum atomic E-state index is -0.454. The first-order valence-electron chi connectivity index (χ1n) is 5.55. The zero-order valence-electron chi connectivity index (χ0n) is 10.1. The Morgan fingerprint density at radius 2 is 1.74 bits per heavy atom. The molecule has 0 unspecified atom stereocenters. The molecule has 0 spiro atoms. The van der Waals surface area contributed by atoms with Gasteiger partial charge in [-0.2, -0.15) is 0 Å². The fraction of sp³-hybridized carbons (Fsp3) is 0.0714. The molecule has 0 fully saturated rings. The van der Waals surface area contributed by atoms with Crippen molar-refractivity contribution in [2.24, 2.45) is 5.73 Å². The Morgan fingerprint density at radius 1 is 1.11 bits per heavy atom. The van der Waals surface area contributed by atoms with Crippen molar-refractivity contribution >= 4 is 24.0 Å². The molecule has 0 saturated carbocycles. The lowest BCUT2D eigenvalue weighted by atomic mass is 10.1. The smallest absolute Gasteiger partial charge is 0.255 e. The summed E-state index contributed by atoms with van der Waals surface area (Å²) < 4.78 is 13.4. The van der Waals surface area contributed by atoms with Crippen molar-refractivity contribution in [2.45, 2.75) is 6.54 Å². The van der Waals surface area contributed by atoms with Gasteiger partial charge in [-0.1, -0.05) is 24.3 Å². The molecule has 3 nitrogen and oxygen atoms in total. The highest BCUT2D eigenvalue weighted by molar-refractivity contribution is 6.04. The maximum Gasteiger partial charge on any atom is 0.255 e. The quantitative estimate of drug-likeness (QED) is 0.908. The fourth-order valence-corrected chi connectivity index (χ4v) is 1.55. The van der Waals surface area contributed by atoms with E-state index in [4.69, 9.17) is 5.73 Å². The molecule has 0 aliphatic carbocycles. The van der Waals surface area contributed by atoms with E-state index < -0.39 is 5.82 Å². The van der Waals surface area contributed by atoms with Gasteiger partial charge in [0, 0.05) is 12.1 Å². The van der Waals surface area contributed by atoms with Crippen LogP contribution in [0.15, 0.2) is 48.5 Å². The molecule has 0 heterocycles. The maximum atomic E-state index is 13.4. The van der Waals surface area contributed by atoms with Gasteiger partial charge in [-0.3, -0.25) is 4.79 Å². The number of carbonyl (C=O) groups is 1. The summed E-state index contributed by atoms with van der Waals surface area (Å²) in [6, 6.07) is 12.9. The van der Waals surface area contributed by atoms with Gasteiger partial charge in [0.25, 0.3) is 5.91 Å². The van der Waals surface area contributed by atoms with Gasteiger partial charge in [-0.15, -0.1) is 12.4 Å². The predicted octanol–water partition coefficient (Wildman–Crippen LogP) is 2.96. The van der Waals surface area contributed by atoms with E-state index in [-0.39, 0.29) is 24.0 Å².